The zero-order valence-electron chi connectivity index (χ0n) is 15.3. The lowest BCUT2D eigenvalue weighted by Crippen LogP contribution is -2.35. The first-order valence-electron chi connectivity index (χ1n) is 9.12. The van der Waals surface area contributed by atoms with Crippen molar-refractivity contribution in [3.05, 3.63) is 66.1 Å². The number of benzene rings is 1. The first-order chi connectivity index (χ1) is 13.1. The average molecular weight is 362 g/mol. The summed E-state index contributed by atoms with van der Waals surface area (Å²) < 4.78 is 2.14. The van der Waals surface area contributed by atoms with Crippen LogP contribution < -0.4 is 5.32 Å². The van der Waals surface area contributed by atoms with Crippen LogP contribution >= 0.6 is 0 Å². The van der Waals surface area contributed by atoms with Crippen LogP contribution in [0.3, 0.4) is 0 Å². The number of aromatic nitrogens is 2. The van der Waals surface area contributed by atoms with Gasteiger partial charge in [0.05, 0.1) is 17.6 Å². The number of carbonyl (C=O) groups is 2. The molecular weight excluding hydrogens is 340 g/mol. The van der Waals surface area contributed by atoms with Gasteiger partial charge in [0.2, 0.25) is 5.91 Å². The zero-order valence-corrected chi connectivity index (χ0v) is 15.3. The molecule has 1 aromatic carbocycles. The van der Waals surface area contributed by atoms with Crippen molar-refractivity contribution in [3.63, 3.8) is 0 Å². The normalized spacial score (nSPS) is 16.6. The van der Waals surface area contributed by atoms with E-state index in [2.05, 4.69) is 14.9 Å². The third-order valence-corrected chi connectivity index (χ3v) is 5.09. The fourth-order valence-electron chi connectivity index (χ4n) is 3.70. The summed E-state index contributed by atoms with van der Waals surface area (Å²) in [6.45, 7) is 1.80. The van der Waals surface area contributed by atoms with E-state index in [1.54, 1.807) is 13.2 Å². The second-order valence-corrected chi connectivity index (χ2v) is 7.00. The fraction of sp³-hybridized carbons (Fsp3) is 0.286. The van der Waals surface area contributed by atoms with E-state index in [-0.39, 0.29) is 17.7 Å². The molecule has 0 radical (unpaired) electrons. The molecule has 0 bridgehead atoms. The molecule has 27 heavy (non-hydrogen) atoms. The van der Waals surface area contributed by atoms with Crippen LogP contribution in [0.5, 0.6) is 0 Å². The number of carbonyl (C=O) groups excluding carboxylic acids is 2. The molecule has 1 aliphatic rings. The van der Waals surface area contributed by atoms with Crippen LogP contribution in [-0.4, -0.2) is 39.9 Å². The van der Waals surface area contributed by atoms with Gasteiger partial charge < -0.3 is 14.8 Å². The number of hydrogen-bond donors (Lipinski definition) is 1. The van der Waals surface area contributed by atoms with Gasteiger partial charge in [0.1, 0.15) is 0 Å². The highest BCUT2D eigenvalue weighted by molar-refractivity contribution is 5.97. The van der Waals surface area contributed by atoms with Gasteiger partial charge in [0.15, 0.2) is 0 Å². The molecule has 1 atom stereocenters. The van der Waals surface area contributed by atoms with Crippen LogP contribution in [0.15, 0.2) is 54.9 Å². The van der Waals surface area contributed by atoms with Gasteiger partial charge in [0, 0.05) is 55.9 Å². The van der Waals surface area contributed by atoms with Gasteiger partial charge in [-0.15, -0.1) is 0 Å². The highest BCUT2D eigenvalue weighted by atomic mass is 16.2. The topological polar surface area (TPSA) is 67.2 Å². The van der Waals surface area contributed by atoms with Crippen molar-refractivity contribution >= 4 is 22.7 Å². The Morgan fingerprint density at radius 3 is 2.89 bits per heavy atom. The number of rotatable bonds is 3. The van der Waals surface area contributed by atoms with Crippen LogP contribution in [-0.2, 0) is 17.9 Å². The van der Waals surface area contributed by atoms with Crippen molar-refractivity contribution in [2.45, 2.75) is 19.5 Å². The van der Waals surface area contributed by atoms with Crippen LogP contribution in [0.2, 0.25) is 0 Å². The smallest absolute Gasteiger partial charge is 0.255 e. The molecule has 0 fully saturated rings. The molecule has 0 saturated carbocycles. The van der Waals surface area contributed by atoms with Crippen molar-refractivity contribution in [1.82, 2.24) is 19.8 Å². The number of para-hydroxylation sites is 1. The molecule has 3 aromatic rings. The molecule has 0 aliphatic carbocycles. The fourth-order valence-corrected chi connectivity index (χ4v) is 3.70. The monoisotopic (exact) mass is 362 g/mol. The minimum Gasteiger partial charge on any atom is -0.359 e. The van der Waals surface area contributed by atoms with E-state index in [0.29, 0.717) is 25.1 Å². The maximum absolute atomic E-state index is 13.2. The van der Waals surface area contributed by atoms with Gasteiger partial charge in [-0.25, -0.2) is 0 Å². The summed E-state index contributed by atoms with van der Waals surface area (Å²) in [4.78, 5) is 31.4. The summed E-state index contributed by atoms with van der Waals surface area (Å²) in [5.41, 5.74) is 2.53. The Bertz CT molecular complexity index is 995. The van der Waals surface area contributed by atoms with E-state index in [1.165, 1.54) is 0 Å². The van der Waals surface area contributed by atoms with E-state index < -0.39 is 0 Å². The third kappa shape index (κ3) is 3.56. The summed E-state index contributed by atoms with van der Waals surface area (Å²) in [6.07, 6.45) is 4.05. The lowest BCUT2D eigenvalue weighted by atomic mass is 10.0. The minimum absolute atomic E-state index is 0.00428. The van der Waals surface area contributed by atoms with Gasteiger partial charge in [0.25, 0.3) is 5.91 Å². The molecule has 4 rings (SSSR count). The van der Waals surface area contributed by atoms with Crippen LogP contribution in [0.4, 0.5) is 0 Å². The molecule has 0 spiro atoms. The Balaban J connectivity index is 1.63. The largest absolute Gasteiger partial charge is 0.359 e. The number of nitrogens with one attached hydrogen (secondary N) is 1. The summed E-state index contributed by atoms with van der Waals surface area (Å²) in [5.74, 6) is 0.0103. The molecule has 1 N–H and O–H groups in total. The van der Waals surface area contributed by atoms with Gasteiger partial charge in [-0.05, 0) is 24.3 Å². The molecule has 6 nitrogen and oxygen atoms in total. The Labute approximate surface area is 157 Å². The molecule has 1 unspecified atom stereocenters. The average Bonchev–Trinajstić information content (AvgIpc) is 3.05. The second-order valence-electron chi connectivity index (χ2n) is 7.00. The third-order valence-electron chi connectivity index (χ3n) is 5.09. The summed E-state index contributed by atoms with van der Waals surface area (Å²) in [5, 5.41) is 3.63. The first kappa shape index (κ1) is 17.3. The second kappa shape index (κ2) is 7.23. The molecule has 0 saturated heterocycles. The minimum atomic E-state index is -0.0511. The van der Waals surface area contributed by atoms with Crippen molar-refractivity contribution in [2.24, 2.45) is 5.92 Å². The number of pyridine rings is 1. The van der Waals surface area contributed by atoms with Gasteiger partial charge >= 0.3 is 0 Å². The van der Waals surface area contributed by atoms with Crippen molar-refractivity contribution in [3.8, 4) is 0 Å². The summed E-state index contributed by atoms with van der Waals surface area (Å²) in [7, 11) is 1.64. The standard InChI is InChI=1S/C21H22N4O2/c1-22-20(26)9-15-12-24-8-4-6-18(24)14-25(13-15)21(27)17-10-16-5-2-3-7-19(16)23-11-17/h2-8,10-11,15H,9,12-14H2,1H3,(H,22,26). The molecule has 6 heteroatoms. The Morgan fingerprint density at radius 1 is 1.19 bits per heavy atom. The zero-order chi connectivity index (χ0) is 18.8. The van der Waals surface area contributed by atoms with Gasteiger partial charge in [-0.2, -0.15) is 0 Å². The molecule has 2 amide bonds. The van der Waals surface area contributed by atoms with Crippen molar-refractivity contribution in [1.29, 1.82) is 0 Å². The maximum atomic E-state index is 13.2. The molecule has 138 valence electrons. The lowest BCUT2D eigenvalue weighted by Gasteiger charge is -2.24. The quantitative estimate of drug-likeness (QED) is 0.778. The van der Waals surface area contributed by atoms with E-state index in [4.69, 9.17) is 0 Å². The number of fused-ring (bicyclic) bond motifs is 2. The van der Waals surface area contributed by atoms with E-state index in [0.717, 1.165) is 23.1 Å². The Morgan fingerprint density at radius 2 is 2.04 bits per heavy atom. The molecule has 1 aliphatic heterocycles. The lowest BCUT2D eigenvalue weighted by molar-refractivity contribution is -0.121. The predicted molar refractivity (Wildman–Crippen MR) is 103 cm³/mol. The van der Waals surface area contributed by atoms with Crippen molar-refractivity contribution in [2.75, 3.05) is 13.6 Å². The maximum Gasteiger partial charge on any atom is 0.255 e. The van der Waals surface area contributed by atoms with E-state index in [1.807, 2.05) is 53.6 Å². The van der Waals surface area contributed by atoms with Crippen molar-refractivity contribution < 1.29 is 9.59 Å². The van der Waals surface area contributed by atoms with E-state index in [9.17, 15) is 9.59 Å². The Kier molecular flexibility index (Phi) is 4.62. The van der Waals surface area contributed by atoms with Crippen LogP contribution in [0, 0.1) is 5.92 Å². The predicted octanol–water partition coefficient (Wildman–Crippen LogP) is 2.44. The Hall–Kier alpha value is -3.15. The molecule has 2 aromatic heterocycles. The van der Waals surface area contributed by atoms with Gasteiger partial charge in [-0.3, -0.25) is 14.6 Å². The van der Waals surface area contributed by atoms with Crippen LogP contribution in [0.1, 0.15) is 22.5 Å². The highest BCUT2D eigenvalue weighted by Gasteiger charge is 2.27. The van der Waals surface area contributed by atoms with Crippen LogP contribution in [0.25, 0.3) is 10.9 Å². The van der Waals surface area contributed by atoms with E-state index >= 15 is 0 Å². The number of hydrogen-bond acceptors (Lipinski definition) is 3. The van der Waals surface area contributed by atoms with Gasteiger partial charge in [-0.1, -0.05) is 18.2 Å². The SMILES string of the molecule is CNC(=O)CC1CN(C(=O)c2cnc3ccccc3c2)Cc2cccn2C1. The summed E-state index contributed by atoms with van der Waals surface area (Å²) >= 11 is 0. The summed E-state index contributed by atoms with van der Waals surface area (Å²) in [6, 6.07) is 13.7. The number of amides is 2. The first-order valence-corrected chi connectivity index (χ1v) is 9.12. The number of nitrogens with zero attached hydrogens (tertiary/aromatic N) is 3. The molecular formula is C21H22N4O2. The highest BCUT2D eigenvalue weighted by Crippen LogP contribution is 2.22. The molecule has 3 heterocycles.